The summed E-state index contributed by atoms with van der Waals surface area (Å²) in [4.78, 5) is 2.27. The van der Waals surface area contributed by atoms with Crippen molar-refractivity contribution >= 4 is 46.3 Å². The molecule has 0 saturated heterocycles. The molecule has 5 aromatic carbocycles. The Hall–Kier alpha value is -3.76. The second-order valence-corrected chi connectivity index (χ2v) is 7.05. The highest BCUT2D eigenvalue weighted by atomic mass is 16.5. The summed E-state index contributed by atoms with van der Waals surface area (Å²) in [6.45, 7) is 0. The maximum Gasteiger partial charge on any atom is 0.569 e. The minimum absolute atomic E-state index is 0.581. The van der Waals surface area contributed by atoms with Gasteiger partial charge in [0.05, 0.1) is 11.4 Å². The summed E-state index contributed by atoms with van der Waals surface area (Å²) in [6, 6.07) is 37.3. The van der Waals surface area contributed by atoms with Crippen LogP contribution in [0.3, 0.4) is 0 Å². The van der Waals surface area contributed by atoms with Gasteiger partial charge in [-0.15, -0.1) is 0 Å². The van der Waals surface area contributed by atoms with Crippen LogP contribution in [0.4, 0.5) is 17.1 Å². The zero-order valence-electron chi connectivity index (χ0n) is 16.3. The third kappa shape index (κ3) is 3.28. The molecule has 5 rings (SSSR count). The molecule has 0 unspecified atom stereocenters. The molecule has 0 bridgehead atoms. The van der Waals surface area contributed by atoms with E-state index in [0.29, 0.717) is 13.4 Å². The predicted octanol–water partition coefficient (Wildman–Crippen LogP) is 6.37. The van der Waals surface area contributed by atoms with E-state index in [9.17, 15) is 0 Å². The van der Waals surface area contributed by atoms with E-state index in [0.717, 1.165) is 17.1 Å². The Morgan fingerprint density at radius 2 is 1.07 bits per heavy atom. The van der Waals surface area contributed by atoms with Crippen molar-refractivity contribution < 1.29 is 9.68 Å². The summed E-state index contributed by atoms with van der Waals surface area (Å²) in [5.74, 6) is 0.581. The van der Waals surface area contributed by atoms with Crippen LogP contribution < -0.4 is 9.55 Å². The molecule has 0 spiro atoms. The third-order valence-electron chi connectivity index (χ3n) is 5.30. The molecule has 0 aliphatic heterocycles. The van der Waals surface area contributed by atoms with E-state index in [1.54, 1.807) is 0 Å². The number of anilines is 3. The molecule has 0 saturated carbocycles. The summed E-state index contributed by atoms with van der Waals surface area (Å²) < 4.78 is 5.10. The first-order chi connectivity index (χ1) is 14.8. The van der Waals surface area contributed by atoms with Crippen LogP contribution in [0.5, 0.6) is 5.75 Å². The van der Waals surface area contributed by atoms with Crippen molar-refractivity contribution in [3.63, 3.8) is 0 Å². The molecule has 4 heteroatoms. The van der Waals surface area contributed by atoms with Crippen molar-refractivity contribution in [1.29, 1.82) is 0 Å². The zero-order valence-corrected chi connectivity index (χ0v) is 16.3. The van der Waals surface area contributed by atoms with Crippen LogP contribution in [0.2, 0.25) is 0 Å². The van der Waals surface area contributed by atoms with Crippen LogP contribution in [-0.2, 0) is 0 Å². The Bertz CT molecular complexity index is 1230. The van der Waals surface area contributed by atoms with Gasteiger partial charge in [-0.3, -0.25) is 0 Å². The van der Waals surface area contributed by atoms with Gasteiger partial charge in [0.1, 0.15) is 5.75 Å². The van der Waals surface area contributed by atoms with Crippen molar-refractivity contribution in [2.45, 2.75) is 0 Å². The third-order valence-corrected chi connectivity index (χ3v) is 5.30. The molecule has 1 N–H and O–H groups in total. The first kappa shape index (κ1) is 18.3. The normalized spacial score (nSPS) is 10.8. The summed E-state index contributed by atoms with van der Waals surface area (Å²) in [5.41, 5.74) is 3.21. The standard InChI is InChI=1S/C26H19BNO2/c29-27-30-22-17-15-21(16-18-22)28(25-13-5-9-19-7-1-3-11-23(19)25)26-14-6-10-20-8-2-4-12-24(20)26/h1-18,29H. The molecule has 0 aromatic heterocycles. The molecule has 1 radical (unpaired) electrons. The van der Waals surface area contributed by atoms with Crippen molar-refractivity contribution in [3.8, 4) is 5.75 Å². The molecule has 143 valence electrons. The molecule has 0 fully saturated rings. The van der Waals surface area contributed by atoms with Crippen molar-refractivity contribution in [3.05, 3.63) is 109 Å². The van der Waals surface area contributed by atoms with Gasteiger partial charge in [0.25, 0.3) is 0 Å². The minimum Gasteiger partial charge on any atom is -0.537 e. The average molecular weight is 388 g/mol. The van der Waals surface area contributed by atoms with E-state index in [1.165, 1.54) is 21.5 Å². The van der Waals surface area contributed by atoms with Crippen LogP contribution >= 0.6 is 0 Å². The van der Waals surface area contributed by atoms with Crippen molar-refractivity contribution in [2.75, 3.05) is 4.90 Å². The quantitative estimate of drug-likeness (QED) is 0.355. The number of benzene rings is 5. The maximum absolute atomic E-state index is 8.93. The van der Waals surface area contributed by atoms with Gasteiger partial charge >= 0.3 is 7.69 Å². The number of fused-ring (bicyclic) bond motifs is 2. The Balaban J connectivity index is 1.78. The molecule has 0 heterocycles. The predicted molar refractivity (Wildman–Crippen MR) is 125 cm³/mol. The Kier molecular flexibility index (Phi) is 4.84. The minimum atomic E-state index is 0.581. The van der Waals surface area contributed by atoms with E-state index in [-0.39, 0.29) is 0 Å². The van der Waals surface area contributed by atoms with Crippen LogP contribution in [0.15, 0.2) is 109 Å². The molecular weight excluding hydrogens is 369 g/mol. The van der Waals surface area contributed by atoms with Crippen LogP contribution in [0.25, 0.3) is 21.5 Å². The van der Waals surface area contributed by atoms with Gasteiger partial charge in [0.15, 0.2) is 0 Å². The van der Waals surface area contributed by atoms with E-state index in [4.69, 9.17) is 9.68 Å². The zero-order chi connectivity index (χ0) is 20.3. The first-order valence-electron chi connectivity index (χ1n) is 9.83. The van der Waals surface area contributed by atoms with Gasteiger partial charge in [0.2, 0.25) is 0 Å². The summed E-state index contributed by atoms with van der Waals surface area (Å²) in [5, 5.41) is 13.7. The average Bonchev–Trinajstić information content (AvgIpc) is 2.81. The highest BCUT2D eigenvalue weighted by molar-refractivity contribution is 6.17. The van der Waals surface area contributed by atoms with Crippen molar-refractivity contribution in [2.24, 2.45) is 0 Å². The second kappa shape index (κ2) is 7.93. The van der Waals surface area contributed by atoms with E-state index in [2.05, 4.69) is 89.8 Å². The topological polar surface area (TPSA) is 32.7 Å². The molecular formula is C26H19BNO2. The van der Waals surface area contributed by atoms with Crippen LogP contribution in [0, 0.1) is 0 Å². The molecule has 5 aromatic rings. The van der Waals surface area contributed by atoms with Gasteiger partial charge < -0.3 is 14.6 Å². The monoisotopic (exact) mass is 388 g/mol. The SMILES string of the molecule is O[B]Oc1ccc(N(c2cccc3ccccc23)c2cccc3ccccc23)cc1. The number of nitrogens with zero attached hydrogens (tertiary/aromatic N) is 1. The van der Waals surface area contributed by atoms with Gasteiger partial charge in [-0.25, -0.2) is 0 Å². The number of rotatable bonds is 5. The lowest BCUT2D eigenvalue weighted by molar-refractivity contribution is 0.454. The number of hydrogen-bond donors (Lipinski definition) is 1. The van der Waals surface area contributed by atoms with Crippen LogP contribution in [-0.4, -0.2) is 12.7 Å². The van der Waals surface area contributed by atoms with Crippen molar-refractivity contribution in [1.82, 2.24) is 0 Å². The summed E-state index contributed by atoms with van der Waals surface area (Å²) >= 11 is 0. The summed E-state index contributed by atoms with van der Waals surface area (Å²) in [6.07, 6.45) is 0. The fourth-order valence-electron chi connectivity index (χ4n) is 3.95. The molecule has 3 nitrogen and oxygen atoms in total. The maximum atomic E-state index is 8.93. The lowest BCUT2D eigenvalue weighted by Gasteiger charge is -2.28. The fourth-order valence-corrected chi connectivity index (χ4v) is 3.95. The Morgan fingerprint density at radius 3 is 1.60 bits per heavy atom. The number of hydrogen-bond acceptors (Lipinski definition) is 3. The van der Waals surface area contributed by atoms with Crippen LogP contribution in [0.1, 0.15) is 0 Å². The van der Waals surface area contributed by atoms with Gasteiger partial charge in [-0.2, -0.15) is 0 Å². The van der Waals surface area contributed by atoms with E-state index in [1.807, 2.05) is 24.3 Å². The molecule has 0 aliphatic carbocycles. The van der Waals surface area contributed by atoms with E-state index >= 15 is 0 Å². The molecule has 0 atom stereocenters. The molecule has 0 aliphatic rings. The second-order valence-electron chi connectivity index (χ2n) is 7.05. The highest BCUT2D eigenvalue weighted by Crippen LogP contribution is 2.42. The Morgan fingerprint density at radius 1 is 0.567 bits per heavy atom. The highest BCUT2D eigenvalue weighted by Gasteiger charge is 2.17. The fraction of sp³-hybridized carbons (Fsp3) is 0. The van der Waals surface area contributed by atoms with Gasteiger partial charge in [-0.05, 0) is 47.2 Å². The van der Waals surface area contributed by atoms with E-state index < -0.39 is 0 Å². The largest absolute Gasteiger partial charge is 0.569 e. The summed E-state index contributed by atoms with van der Waals surface area (Å²) in [7, 11) is 0.697. The first-order valence-corrected chi connectivity index (χ1v) is 9.83. The van der Waals surface area contributed by atoms with Gasteiger partial charge in [0, 0.05) is 16.5 Å². The lowest BCUT2D eigenvalue weighted by Crippen LogP contribution is -2.11. The smallest absolute Gasteiger partial charge is 0.537 e. The van der Waals surface area contributed by atoms with Gasteiger partial charge in [-0.1, -0.05) is 72.8 Å². The molecule has 0 amide bonds. The Labute approximate surface area is 176 Å². The molecule has 30 heavy (non-hydrogen) atoms. The lowest BCUT2D eigenvalue weighted by atomic mass is 10.0.